The van der Waals surface area contributed by atoms with E-state index in [-0.39, 0.29) is 0 Å². The Bertz CT molecular complexity index is 436. The number of nitrogens with zero attached hydrogens (tertiary/aromatic N) is 1. The van der Waals surface area contributed by atoms with E-state index in [1.165, 1.54) is 62.3 Å². The quantitative estimate of drug-likeness (QED) is 0.863. The number of nitrogens with one attached hydrogen (secondary N) is 2. The Morgan fingerprint density at radius 1 is 1.30 bits per heavy atom. The summed E-state index contributed by atoms with van der Waals surface area (Å²) in [5, 5.41) is 7.20. The van der Waals surface area contributed by atoms with Crippen molar-refractivity contribution in [2.75, 3.05) is 38.0 Å². The molecule has 0 aromatic heterocycles. The number of anilines is 1. The van der Waals surface area contributed by atoms with Gasteiger partial charge in [0.15, 0.2) is 0 Å². The molecule has 3 nitrogen and oxygen atoms in total. The number of benzene rings is 1. The lowest BCUT2D eigenvalue weighted by Crippen LogP contribution is -2.37. The molecule has 0 saturated carbocycles. The van der Waals surface area contributed by atoms with Gasteiger partial charge in [0, 0.05) is 18.8 Å². The molecule has 0 aliphatic carbocycles. The van der Waals surface area contributed by atoms with Crippen LogP contribution < -0.4 is 10.6 Å². The first-order chi connectivity index (χ1) is 9.86. The van der Waals surface area contributed by atoms with Gasteiger partial charge in [-0.05, 0) is 62.5 Å². The maximum Gasteiger partial charge on any atom is 0.0419 e. The van der Waals surface area contributed by atoms with Crippen LogP contribution >= 0.6 is 0 Å². The van der Waals surface area contributed by atoms with Gasteiger partial charge in [0.25, 0.3) is 0 Å². The summed E-state index contributed by atoms with van der Waals surface area (Å²) in [7, 11) is 0. The monoisotopic (exact) mass is 273 g/mol. The van der Waals surface area contributed by atoms with Crippen LogP contribution in [0.3, 0.4) is 0 Å². The van der Waals surface area contributed by atoms with Gasteiger partial charge in [0.1, 0.15) is 0 Å². The molecule has 2 heterocycles. The zero-order valence-corrected chi connectivity index (χ0v) is 12.6. The summed E-state index contributed by atoms with van der Waals surface area (Å²) in [5.41, 5.74) is 4.31. The molecule has 0 spiro atoms. The van der Waals surface area contributed by atoms with Crippen molar-refractivity contribution >= 4 is 5.69 Å². The van der Waals surface area contributed by atoms with Gasteiger partial charge in [0.05, 0.1) is 0 Å². The molecule has 1 aromatic carbocycles. The van der Waals surface area contributed by atoms with E-state index in [0.717, 1.165) is 19.0 Å². The van der Waals surface area contributed by atoms with Crippen molar-refractivity contribution in [3.8, 4) is 0 Å². The number of hydrogen-bond acceptors (Lipinski definition) is 3. The van der Waals surface area contributed by atoms with Crippen LogP contribution in [-0.2, 0) is 13.0 Å². The normalized spacial score (nSPS) is 19.9. The lowest BCUT2D eigenvalue weighted by atomic mass is 9.96. The van der Waals surface area contributed by atoms with Crippen LogP contribution in [0.2, 0.25) is 0 Å². The molecular formula is C17H27N3. The molecule has 0 bridgehead atoms. The van der Waals surface area contributed by atoms with Gasteiger partial charge in [0.2, 0.25) is 0 Å². The van der Waals surface area contributed by atoms with E-state index in [1.807, 2.05) is 0 Å². The largest absolute Gasteiger partial charge is 0.384 e. The predicted molar refractivity (Wildman–Crippen MR) is 85.2 cm³/mol. The van der Waals surface area contributed by atoms with Gasteiger partial charge in [-0.3, -0.25) is 0 Å². The number of piperidine rings is 1. The number of para-hydroxylation sites is 1. The first kappa shape index (κ1) is 13.9. The molecule has 3 heteroatoms. The average Bonchev–Trinajstić information content (AvgIpc) is 2.97. The Morgan fingerprint density at radius 3 is 2.95 bits per heavy atom. The second-order valence-electron chi connectivity index (χ2n) is 6.14. The number of fused-ring (bicyclic) bond motifs is 1. The second-order valence-corrected chi connectivity index (χ2v) is 6.14. The van der Waals surface area contributed by atoms with Crippen LogP contribution in [-0.4, -0.2) is 37.6 Å². The molecule has 0 unspecified atom stereocenters. The second kappa shape index (κ2) is 6.59. The SMILES string of the molecule is CCN1CCC(CNCc2cccc3c2NCC3)CC1. The molecule has 0 atom stereocenters. The summed E-state index contributed by atoms with van der Waals surface area (Å²) < 4.78 is 0. The summed E-state index contributed by atoms with van der Waals surface area (Å²) in [5.74, 6) is 0.863. The zero-order valence-electron chi connectivity index (χ0n) is 12.6. The molecule has 2 N–H and O–H groups in total. The first-order valence-corrected chi connectivity index (χ1v) is 8.14. The number of rotatable bonds is 5. The minimum Gasteiger partial charge on any atom is -0.384 e. The molecular weight excluding hydrogens is 246 g/mol. The first-order valence-electron chi connectivity index (χ1n) is 8.14. The van der Waals surface area contributed by atoms with Gasteiger partial charge in [-0.25, -0.2) is 0 Å². The highest BCUT2D eigenvalue weighted by molar-refractivity contribution is 5.61. The van der Waals surface area contributed by atoms with Crippen LogP contribution in [0.15, 0.2) is 18.2 Å². The molecule has 3 rings (SSSR count). The molecule has 1 aromatic rings. The molecule has 2 aliphatic rings. The van der Waals surface area contributed by atoms with Crippen molar-refractivity contribution in [3.63, 3.8) is 0 Å². The Hall–Kier alpha value is -1.06. The van der Waals surface area contributed by atoms with E-state index >= 15 is 0 Å². The third-order valence-corrected chi connectivity index (χ3v) is 4.84. The van der Waals surface area contributed by atoms with E-state index in [9.17, 15) is 0 Å². The number of hydrogen-bond donors (Lipinski definition) is 2. The maximum atomic E-state index is 3.68. The van der Waals surface area contributed by atoms with Gasteiger partial charge >= 0.3 is 0 Å². The van der Waals surface area contributed by atoms with Crippen LogP contribution in [0.1, 0.15) is 30.9 Å². The van der Waals surface area contributed by atoms with Crippen LogP contribution in [0.4, 0.5) is 5.69 Å². The Balaban J connectivity index is 1.46. The standard InChI is InChI=1S/C17H27N3/c1-2-20-10-7-14(8-11-20)12-18-13-16-5-3-4-15-6-9-19-17(15)16/h3-5,14,18-19H,2,6-13H2,1H3. The summed E-state index contributed by atoms with van der Waals surface area (Å²) >= 11 is 0. The minimum absolute atomic E-state index is 0.863. The van der Waals surface area contributed by atoms with Crippen LogP contribution in [0.5, 0.6) is 0 Å². The van der Waals surface area contributed by atoms with E-state index in [0.29, 0.717) is 0 Å². The van der Waals surface area contributed by atoms with E-state index in [4.69, 9.17) is 0 Å². The molecule has 110 valence electrons. The summed E-state index contributed by atoms with van der Waals surface area (Å²) in [6.45, 7) is 9.31. The minimum atomic E-state index is 0.863. The lowest BCUT2D eigenvalue weighted by molar-refractivity contribution is 0.190. The lowest BCUT2D eigenvalue weighted by Gasteiger charge is -2.31. The Kier molecular flexibility index (Phi) is 4.58. The maximum absolute atomic E-state index is 3.68. The van der Waals surface area contributed by atoms with Gasteiger partial charge < -0.3 is 15.5 Å². The van der Waals surface area contributed by atoms with Gasteiger partial charge in [-0.1, -0.05) is 25.1 Å². The fraction of sp³-hybridized carbons (Fsp3) is 0.647. The van der Waals surface area contributed by atoms with Crippen LogP contribution in [0, 0.1) is 5.92 Å². The molecule has 0 radical (unpaired) electrons. The summed E-state index contributed by atoms with van der Waals surface area (Å²) in [6, 6.07) is 6.70. The van der Waals surface area contributed by atoms with Crippen molar-refractivity contribution in [1.82, 2.24) is 10.2 Å². The van der Waals surface area contributed by atoms with Crippen molar-refractivity contribution in [2.45, 2.75) is 32.7 Å². The fourth-order valence-corrected chi connectivity index (χ4v) is 3.48. The fourth-order valence-electron chi connectivity index (χ4n) is 3.48. The van der Waals surface area contributed by atoms with E-state index in [1.54, 1.807) is 0 Å². The topological polar surface area (TPSA) is 27.3 Å². The summed E-state index contributed by atoms with van der Waals surface area (Å²) in [4.78, 5) is 2.56. The van der Waals surface area contributed by atoms with Crippen molar-refractivity contribution in [1.29, 1.82) is 0 Å². The van der Waals surface area contributed by atoms with E-state index < -0.39 is 0 Å². The molecule has 2 aliphatic heterocycles. The molecule has 20 heavy (non-hydrogen) atoms. The van der Waals surface area contributed by atoms with Crippen molar-refractivity contribution in [3.05, 3.63) is 29.3 Å². The molecule has 1 fully saturated rings. The predicted octanol–water partition coefficient (Wildman–Crippen LogP) is 2.48. The number of likely N-dealkylation sites (tertiary alicyclic amines) is 1. The van der Waals surface area contributed by atoms with Gasteiger partial charge in [-0.2, -0.15) is 0 Å². The molecule has 0 amide bonds. The molecule has 1 saturated heterocycles. The zero-order chi connectivity index (χ0) is 13.8. The third-order valence-electron chi connectivity index (χ3n) is 4.84. The smallest absolute Gasteiger partial charge is 0.0419 e. The van der Waals surface area contributed by atoms with Crippen LogP contribution in [0.25, 0.3) is 0 Å². The van der Waals surface area contributed by atoms with E-state index in [2.05, 4.69) is 40.7 Å². The highest BCUT2D eigenvalue weighted by atomic mass is 15.1. The average molecular weight is 273 g/mol. The Morgan fingerprint density at radius 2 is 2.15 bits per heavy atom. The van der Waals surface area contributed by atoms with Crippen molar-refractivity contribution < 1.29 is 0 Å². The van der Waals surface area contributed by atoms with Crippen molar-refractivity contribution in [2.24, 2.45) is 5.92 Å². The highest BCUT2D eigenvalue weighted by Gasteiger charge is 2.18. The third kappa shape index (κ3) is 3.15. The summed E-state index contributed by atoms with van der Waals surface area (Å²) in [6.07, 6.45) is 3.89. The Labute approximate surface area is 122 Å². The highest BCUT2D eigenvalue weighted by Crippen LogP contribution is 2.26. The van der Waals surface area contributed by atoms with Gasteiger partial charge in [-0.15, -0.1) is 0 Å².